The molecule has 2 heterocycles. The van der Waals surface area contributed by atoms with Crippen molar-refractivity contribution >= 4 is 16.7 Å². The molecule has 0 saturated carbocycles. The molecule has 1 fully saturated rings. The first-order valence-electron chi connectivity index (χ1n) is 9.10. The molecule has 6 nitrogen and oxygen atoms in total. The predicted octanol–water partition coefficient (Wildman–Crippen LogP) is 3.08. The number of likely N-dealkylation sites (tertiary alicyclic amines) is 1. The molecule has 1 amide bonds. The minimum atomic E-state index is 0.00103. The molecule has 0 bridgehead atoms. The molecular weight excluding hydrogens is 342 g/mol. The fourth-order valence-corrected chi connectivity index (χ4v) is 3.23. The lowest BCUT2D eigenvalue weighted by molar-refractivity contribution is -0.135. The van der Waals surface area contributed by atoms with Crippen LogP contribution in [-0.2, 0) is 4.79 Å². The van der Waals surface area contributed by atoms with Crippen LogP contribution < -0.4 is 9.47 Å². The molecule has 4 rings (SSSR count). The van der Waals surface area contributed by atoms with Crippen molar-refractivity contribution in [2.75, 3.05) is 19.7 Å². The van der Waals surface area contributed by atoms with Gasteiger partial charge < -0.3 is 14.4 Å². The Hall–Kier alpha value is -3.15. The number of rotatable bonds is 5. The monoisotopic (exact) mass is 363 g/mol. The van der Waals surface area contributed by atoms with Crippen LogP contribution in [0.5, 0.6) is 11.6 Å². The summed E-state index contributed by atoms with van der Waals surface area (Å²) in [5.74, 6) is 1.24. The van der Waals surface area contributed by atoms with E-state index in [4.69, 9.17) is 9.47 Å². The van der Waals surface area contributed by atoms with Gasteiger partial charge in [-0.25, -0.2) is 4.98 Å². The van der Waals surface area contributed by atoms with Crippen LogP contribution in [0.2, 0.25) is 0 Å². The van der Waals surface area contributed by atoms with E-state index in [1.165, 1.54) is 0 Å². The lowest BCUT2D eigenvalue weighted by Crippen LogP contribution is -2.43. The van der Waals surface area contributed by atoms with E-state index in [0.717, 1.165) is 23.6 Å². The molecule has 27 heavy (non-hydrogen) atoms. The molecule has 0 atom stereocenters. The first kappa shape index (κ1) is 17.3. The number of nitrogens with zero attached hydrogens (tertiary/aromatic N) is 3. The Morgan fingerprint density at radius 1 is 1.07 bits per heavy atom. The fraction of sp³-hybridized carbons (Fsp3) is 0.286. The molecule has 1 saturated heterocycles. The van der Waals surface area contributed by atoms with E-state index in [1.54, 1.807) is 18.6 Å². The zero-order valence-electron chi connectivity index (χ0n) is 15.0. The van der Waals surface area contributed by atoms with Crippen LogP contribution in [0.15, 0.2) is 61.1 Å². The summed E-state index contributed by atoms with van der Waals surface area (Å²) in [4.78, 5) is 22.4. The van der Waals surface area contributed by atoms with Gasteiger partial charge in [0, 0.05) is 38.3 Å². The molecule has 1 aromatic heterocycles. The van der Waals surface area contributed by atoms with E-state index in [-0.39, 0.29) is 18.6 Å². The molecule has 0 spiro atoms. The third kappa shape index (κ3) is 4.34. The summed E-state index contributed by atoms with van der Waals surface area (Å²) in [5.41, 5.74) is 0. The number of carbonyl (C=O) groups excluding carboxylic acids is 1. The van der Waals surface area contributed by atoms with Crippen LogP contribution in [0.25, 0.3) is 10.8 Å². The van der Waals surface area contributed by atoms with Crippen molar-refractivity contribution in [3.8, 4) is 11.6 Å². The average Bonchev–Trinajstić information content (AvgIpc) is 2.73. The van der Waals surface area contributed by atoms with Gasteiger partial charge in [0.1, 0.15) is 11.9 Å². The summed E-state index contributed by atoms with van der Waals surface area (Å²) in [7, 11) is 0. The lowest BCUT2D eigenvalue weighted by atomic mass is 10.1. The standard InChI is InChI=1S/C21H21N3O3/c25-21(15-26-19-6-5-16-3-1-2-4-17(16)13-19)24-11-7-18(8-12-24)27-20-14-22-9-10-23-20/h1-6,9-10,13-14,18H,7-8,11-12,15H2. The van der Waals surface area contributed by atoms with Crippen molar-refractivity contribution in [2.45, 2.75) is 18.9 Å². The highest BCUT2D eigenvalue weighted by Gasteiger charge is 2.24. The van der Waals surface area contributed by atoms with Crippen LogP contribution in [0.1, 0.15) is 12.8 Å². The second-order valence-corrected chi connectivity index (χ2v) is 6.54. The van der Waals surface area contributed by atoms with E-state index in [0.29, 0.717) is 24.7 Å². The lowest BCUT2D eigenvalue weighted by Gasteiger charge is -2.31. The average molecular weight is 363 g/mol. The van der Waals surface area contributed by atoms with Gasteiger partial charge in [0.05, 0.1) is 6.20 Å². The summed E-state index contributed by atoms with van der Waals surface area (Å²) in [6.07, 6.45) is 6.44. The summed E-state index contributed by atoms with van der Waals surface area (Å²) in [6, 6.07) is 13.9. The first-order chi connectivity index (χ1) is 13.3. The van der Waals surface area contributed by atoms with E-state index < -0.39 is 0 Å². The largest absolute Gasteiger partial charge is 0.484 e. The van der Waals surface area contributed by atoms with Gasteiger partial charge in [0.25, 0.3) is 5.91 Å². The van der Waals surface area contributed by atoms with Gasteiger partial charge in [-0.2, -0.15) is 0 Å². The van der Waals surface area contributed by atoms with E-state index in [9.17, 15) is 4.79 Å². The van der Waals surface area contributed by atoms with Crippen LogP contribution in [0.3, 0.4) is 0 Å². The molecule has 2 aromatic carbocycles. The van der Waals surface area contributed by atoms with E-state index in [1.807, 2.05) is 41.3 Å². The predicted molar refractivity (Wildman–Crippen MR) is 102 cm³/mol. The minimum Gasteiger partial charge on any atom is -0.484 e. The molecule has 3 aromatic rings. The molecule has 138 valence electrons. The maximum atomic E-state index is 12.4. The summed E-state index contributed by atoms with van der Waals surface area (Å²) >= 11 is 0. The van der Waals surface area contributed by atoms with Gasteiger partial charge >= 0.3 is 0 Å². The van der Waals surface area contributed by atoms with Gasteiger partial charge in [-0.15, -0.1) is 0 Å². The molecule has 0 radical (unpaired) electrons. The highest BCUT2D eigenvalue weighted by molar-refractivity contribution is 5.84. The van der Waals surface area contributed by atoms with Crippen LogP contribution >= 0.6 is 0 Å². The second kappa shape index (κ2) is 8.03. The van der Waals surface area contributed by atoms with Crippen LogP contribution in [-0.4, -0.2) is 46.6 Å². The van der Waals surface area contributed by atoms with Crippen molar-refractivity contribution in [2.24, 2.45) is 0 Å². The maximum Gasteiger partial charge on any atom is 0.260 e. The number of benzene rings is 2. The summed E-state index contributed by atoms with van der Waals surface area (Å²) < 4.78 is 11.5. The maximum absolute atomic E-state index is 12.4. The van der Waals surface area contributed by atoms with Gasteiger partial charge in [0.15, 0.2) is 6.61 Å². The number of carbonyl (C=O) groups is 1. The van der Waals surface area contributed by atoms with Crippen molar-refractivity contribution in [3.05, 3.63) is 61.1 Å². The first-order valence-corrected chi connectivity index (χ1v) is 9.10. The van der Waals surface area contributed by atoms with Gasteiger partial charge in [0.2, 0.25) is 5.88 Å². The fourth-order valence-electron chi connectivity index (χ4n) is 3.23. The Balaban J connectivity index is 1.26. The molecule has 0 unspecified atom stereocenters. The zero-order valence-corrected chi connectivity index (χ0v) is 15.0. The van der Waals surface area contributed by atoms with Crippen molar-refractivity contribution in [3.63, 3.8) is 0 Å². The molecular formula is C21H21N3O3. The zero-order chi connectivity index (χ0) is 18.5. The van der Waals surface area contributed by atoms with Crippen LogP contribution in [0, 0.1) is 0 Å². The Kier molecular flexibility index (Phi) is 5.14. The number of hydrogen-bond donors (Lipinski definition) is 0. The third-order valence-corrected chi connectivity index (χ3v) is 4.70. The molecule has 0 aliphatic carbocycles. The van der Waals surface area contributed by atoms with Gasteiger partial charge in [-0.3, -0.25) is 9.78 Å². The number of hydrogen-bond acceptors (Lipinski definition) is 5. The Labute approximate surface area is 157 Å². The second-order valence-electron chi connectivity index (χ2n) is 6.54. The Morgan fingerprint density at radius 2 is 1.89 bits per heavy atom. The van der Waals surface area contributed by atoms with E-state index >= 15 is 0 Å². The smallest absolute Gasteiger partial charge is 0.260 e. The molecule has 6 heteroatoms. The Bertz CT molecular complexity index is 909. The van der Waals surface area contributed by atoms with Gasteiger partial charge in [-0.1, -0.05) is 30.3 Å². The van der Waals surface area contributed by atoms with Crippen molar-refractivity contribution in [1.82, 2.24) is 14.9 Å². The van der Waals surface area contributed by atoms with Crippen LogP contribution in [0.4, 0.5) is 0 Å². The van der Waals surface area contributed by atoms with Crippen molar-refractivity contribution in [1.29, 1.82) is 0 Å². The quantitative estimate of drug-likeness (QED) is 0.697. The summed E-state index contributed by atoms with van der Waals surface area (Å²) in [6.45, 7) is 1.36. The number of fused-ring (bicyclic) bond motifs is 1. The molecule has 1 aliphatic rings. The number of amides is 1. The van der Waals surface area contributed by atoms with Gasteiger partial charge in [-0.05, 0) is 22.9 Å². The molecule has 0 N–H and O–H groups in total. The number of piperidine rings is 1. The minimum absolute atomic E-state index is 0.00103. The third-order valence-electron chi connectivity index (χ3n) is 4.70. The highest BCUT2D eigenvalue weighted by Crippen LogP contribution is 2.21. The topological polar surface area (TPSA) is 64.5 Å². The normalized spacial score (nSPS) is 14.9. The molecule has 1 aliphatic heterocycles. The SMILES string of the molecule is O=C(COc1ccc2ccccc2c1)N1CCC(Oc2cnccn2)CC1. The highest BCUT2D eigenvalue weighted by atomic mass is 16.5. The van der Waals surface area contributed by atoms with E-state index in [2.05, 4.69) is 16.0 Å². The number of ether oxygens (including phenoxy) is 2. The Morgan fingerprint density at radius 3 is 2.67 bits per heavy atom. The summed E-state index contributed by atoms with van der Waals surface area (Å²) in [5, 5.41) is 2.26. The van der Waals surface area contributed by atoms with Crippen molar-refractivity contribution < 1.29 is 14.3 Å². The number of aromatic nitrogens is 2.